The van der Waals surface area contributed by atoms with Crippen LogP contribution in [0.2, 0.25) is 0 Å². The second-order valence-electron chi connectivity index (χ2n) is 5.06. The Balaban J connectivity index is 1.86. The van der Waals surface area contributed by atoms with Gasteiger partial charge in [-0.2, -0.15) is 0 Å². The lowest BCUT2D eigenvalue weighted by molar-refractivity contribution is -0.385. The Morgan fingerprint density at radius 3 is 2.64 bits per heavy atom. The van der Waals surface area contributed by atoms with Crippen LogP contribution in [-0.2, 0) is 11.2 Å². The van der Waals surface area contributed by atoms with Crippen LogP contribution >= 0.6 is 11.3 Å². The van der Waals surface area contributed by atoms with Crippen LogP contribution in [0.5, 0.6) is 5.75 Å². The molecule has 0 unspecified atom stereocenters. The predicted molar refractivity (Wildman–Crippen MR) is 92.6 cm³/mol. The molecule has 0 aliphatic heterocycles. The first kappa shape index (κ1) is 18.4. The molecule has 0 fully saturated rings. The molecule has 8 nitrogen and oxygen atoms in total. The molecule has 1 aromatic heterocycles. The van der Waals surface area contributed by atoms with Gasteiger partial charge >= 0.3 is 5.69 Å². The number of amides is 2. The summed E-state index contributed by atoms with van der Waals surface area (Å²) in [7, 11) is 0. The van der Waals surface area contributed by atoms with Crippen LogP contribution in [0.3, 0.4) is 0 Å². The third-order valence-electron chi connectivity index (χ3n) is 3.36. The fourth-order valence-corrected chi connectivity index (χ4v) is 3.09. The zero-order valence-electron chi connectivity index (χ0n) is 13.7. The maximum Gasteiger partial charge on any atom is 0.310 e. The van der Waals surface area contributed by atoms with E-state index in [0.717, 1.165) is 16.9 Å². The quantitative estimate of drug-likeness (QED) is 0.605. The van der Waals surface area contributed by atoms with E-state index < -0.39 is 23.3 Å². The highest BCUT2D eigenvalue weighted by Gasteiger charge is 2.16. The molecule has 0 spiro atoms. The van der Waals surface area contributed by atoms with Crippen LogP contribution in [0.25, 0.3) is 0 Å². The largest absolute Gasteiger partial charge is 0.477 e. The lowest BCUT2D eigenvalue weighted by Gasteiger charge is -2.08. The molecule has 1 heterocycles. The molecule has 0 aliphatic carbocycles. The summed E-state index contributed by atoms with van der Waals surface area (Å²) in [5.74, 6) is -1.07. The highest BCUT2D eigenvalue weighted by Crippen LogP contribution is 2.25. The fourth-order valence-electron chi connectivity index (χ4n) is 2.08. The maximum atomic E-state index is 12.0. The van der Waals surface area contributed by atoms with Gasteiger partial charge in [0.2, 0.25) is 0 Å². The van der Waals surface area contributed by atoms with E-state index in [1.165, 1.54) is 29.5 Å². The molecule has 0 atom stereocenters. The van der Waals surface area contributed by atoms with Crippen LogP contribution in [0.4, 0.5) is 5.69 Å². The van der Waals surface area contributed by atoms with Gasteiger partial charge in [0.15, 0.2) is 12.4 Å². The number of nitro benzene ring substituents is 1. The summed E-state index contributed by atoms with van der Waals surface area (Å²) >= 11 is 1.34. The Bertz CT molecular complexity index is 803. The van der Waals surface area contributed by atoms with Crippen molar-refractivity contribution in [3.8, 4) is 5.75 Å². The minimum absolute atomic E-state index is 0.0181. The zero-order valence-corrected chi connectivity index (χ0v) is 14.5. The van der Waals surface area contributed by atoms with Crippen molar-refractivity contribution in [1.82, 2.24) is 10.9 Å². The molecular weight excluding hydrogens is 346 g/mol. The number of para-hydroxylation sites is 2. The Morgan fingerprint density at radius 2 is 2.00 bits per heavy atom. The fraction of sp³-hybridized carbons (Fsp3) is 0.250. The van der Waals surface area contributed by atoms with Gasteiger partial charge in [-0.25, -0.2) is 0 Å². The first-order valence-corrected chi connectivity index (χ1v) is 8.28. The summed E-state index contributed by atoms with van der Waals surface area (Å²) in [4.78, 5) is 35.6. The van der Waals surface area contributed by atoms with Gasteiger partial charge in [0.05, 0.1) is 9.80 Å². The number of carbonyl (C=O) groups is 2. The Morgan fingerprint density at radius 1 is 1.28 bits per heavy atom. The summed E-state index contributed by atoms with van der Waals surface area (Å²) in [6, 6.07) is 7.51. The van der Waals surface area contributed by atoms with Crippen molar-refractivity contribution in [2.24, 2.45) is 0 Å². The average molecular weight is 363 g/mol. The van der Waals surface area contributed by atoms with Crippen molar-refractivity contribution in [3.05, 3.63) is 55.8 Å². The van der Waals surface area contributed by atoms with Gasteiger partial charge in [-0.15, -0.1) is 11.3 Å². The molecule has 2 N–H and O–H groups in total. The van der Waals surface area contributed by atoms with Gasteiger partial charge in [-0.1, -0.05) is 19.1 Å². The average Bonchev–Trinajstić information content (AvgIpc) is 2.99. The number of hydrogen-bond acceptors (Lipinski definition) is 6. The zero-order chi connectivity index (χ0) is 18.4. The normalized spacial score (nSPS) is 10.2. The van der Waals surface area contributed by atoms with Crippen LogP contribution < -0.4 is 15.6 Å². The Kier molecular flexibility index (Phi) is 6.07. The highest BCUT2D eigenvalue weighted by atomic mass is 32.1. The van der Waals surface area contributed by atoms with E-state index in [1.54, 1.807) is 12.1 Å². The minimum Gasteiger partial charge on any atom is -0.477 e. The van der Waals surface area contributed by atoms with Crippen molar-refractivity contribution >= 4 is 28.8 Å². The molecular formula is C16H17N3O5S. The summed E-state index contributed by atoms with van der Waals surface area (Å²) in [5.41, 5.74) is 5.36. The second kappa shape index (κ2) is 8.25. The van der Waals surface area contributed by atoms with Crippen molar-refractivity contribution in [2.75, 3.05) is 6.61 Å². The van der Waals surface area contributed by atoms with Crippen LogP contribution in [0.1, 0.15) is 27.0 Å². The number of hydrogen-bond donors (Lipinski definition) is 2. The minimum atomic E-state index is -0.629. The molecule has 0 radical (unpaired) electrons. The summed E-state index contributed by atoms with van der Waals surface area (Å²) < 4.78 is 5.14. The van der Waals surface area contributed by atoms with E-state index in [9.17, 15) is 19.7 Å². The molecule has 2 rings (SSSR count). The van der Waals surface area contributed by atoms with Gasteiger partial charge in [-0.05, 0) is 31.0 Å². The SMILES string of the molecule is CCc1cc(C(=O)NNC(=O)COc2ccccc2[N+](=O)[O-])sc1C. The molecule has 0 saturated heterocycles. The number of rotatable bonds is 6. The molecule has 1 aromatic carbocycles. The number of benzene rings is 1. The van der Waals surface area contributed by atoms with Gasteiger partial charge < -0.3 is 4.74 Å². The van der Waals surface area contributed by atoms with Gasteiger partial charge in [0.25, 0.3) is 11.8 Å². The molecule has 25 heavy (non-hydrogen) atoms. The molecule has 0 aliphatic rings. The first-order chi connectivity index (χ1) is 11.9. The monoisotopic (exact) mass is 363 g/mol. The van der Waals surface area contributed by atoms with Crippen molar-refractivity contribution in [3.63, 3.8) is 0 Å². The van der Waals surface area contributed by atoms with Gasteiger partial charge in [0.1, 0.15) is 0 Å². The van der Waals surface area contributed by atoms with E-state index in [-0.39, 0.29) is 11.4 Å². The van der Waals surface area contributed by atoms with E-state index in [1.807, 2.05) is 13.8 Å². The summed E-state index contributed by atoms with van der Waals surface area (Å²) in [5, 5.41) is 10.9. The summed E-state index contributed by atoms with van der Waals surface area (Å²) in [6.45, 7) is 3.47. The van der Waals surface area contributed by atoms with E-state index in [0.29, 0.717) is 4.88 Å². The first-order valence-electron chi connectivity index (χ1n) is 7.47. The van der Waals surface area contributed by atoms with Gasteiger partial charge in [0, 0.05) is 10.9 Å². The summed E-state index contributed by atoms with van der Waals surface area (Å²) in [6.07, 6.45) is 0.825. The Hall–Kier alpha value is -2.94. The number of nitro groups is 1. The Labute approximate surface area is 147 Å². The van der Waals surface area contributed by atoms with E-state index in [4.69, 9.17) is 4.74 Å². The van der Waals surface area contributed by atoms with Crippen molar-refractivity contribution in [2.45, 2.75) is 20.3 Å². The molecule has 9 heteroatoms. The lowest BCUT2D eigenvalue weighted by Crippen LogP contribution is -2.43. The van der Waals surface area contributed by atoms with E-state index in [2.05, 4.69) is 10.9 Å². The molecule has 0 bridgehead atoms. The standard InChI is InChI=1S/C16H17N3O5S/c1-3-11-8-14(25-10(11)2)16(21)18-17-15(20)9-24-13-7-5-4-6-12(13)19(22)23/h4-8H,3,9H2,1-2H3,(H,17,20)(H,18,21). The number of aryl methyl sites for hydroxylation is 2. The number of carbonyl (C=O) groups excluding carboxylic acids is 2. The van der Waals surface area contributed by atoms with Crippen molar-refractivity contribution < 1.29 is 19.2 Å². The topological polar surface area (TPSA) is 111 Å². The smallest absolute Gasteiger partial charge is 0.310 e. The maximum absolute atomic E-state index is 12.0. The highest BCUT2D eigenvalue weighted by molar-refractivity contribution is 7.14. The van der Waals surface area contributed by atoms with Crippen LogP contribution in [0, 0.1) is 17.0 Å². The molecule has 0 saturated carbocycles. The van der Waals surface area contributed by atoms with Crippen LogP contribution in [0.15, 0.2) is 30.3 Å². The van der Waals surface area contributed by atoms with Crippen molar-refractivity contribution in [1.29, 1.82) is 0 Å². The van der Waals surface area contributed by atoms with Crippen LogP contribution in [-0.4, -0.2) is 23.3 Å². The van der Waals surface area contributed by atoms with Gasteiger partial charge in [-0.3, -0.25) is 30.6 Å². The predicted octanol–water partition coefficient (Wildman–Crippen LogP) is 2.37. The number of nitrogens with zero attached hydrogens (tertiary/aromatic N) is 1. The second-order valence-corrected chi connectivity index (χ2v) is 6.32. The third-order valence-corrected chi connectivity index (χ3v) is 4.45. The molecule has 2 amide bonds. The molecule has 132 valence electrons. The molecule has 2 aromatic rings. The lowest BCUT2D eigenvalue weighted by atomic mass is 10.2. The number of thiophene rings is 1. The number of nitrogens with one attached hydrogen (secondary N) is 2. The van der Waals surface area contributed by atoms with E-state index >= 15 is 0 Å². The number of ether oxygens (including phenoxy) is 1. The number of hydrazine groups is 1. The third kappa shape index (κ3) is 4.77.